The molecule has 0 radical (unpaired) electrons. The smallest absolute Gasteiger partial charge is 0.168 e. The number of β-amino-alcohol motifs (C(OH)–C–C–N with tert-alkyl or cyclic N) is 1. The van der Waals surface area contributed by atoms with Gasteiger partial charge in [0.25, 0.3) is 0 Å². The Morgan fingerprint density at radius 1 is 1.10 bits per heavy atom. The van der Waals surface area contributed by atoms with Gasteiger partial charge in [-0.25, -0.2) is 0 Å². The van der Waals surface area contributed by atoms with Crippen LogP contribution in [0, 0.1) is 0 Å². The van der Waals surface area contributed by atoms with Crippen molar-refractivity contribution in [3.05, 3.63) is 35.1 Å². The molecule has 1 atom stereocenters. The van der Waals surface area contributed by atoms with Gasteiger partial charge in [0.2, 0.25) is 0 Å². The molecule has 8 heteroatoms. The van der Waals surface area contributed by atoms with Gasteiger partial charge in [0.1, 0.15) is 17.3 Å². The number of methoxy groups -OCH3 is 2. The average Bonchev–Trinajstić information content (AvgIpc) is 2.78. The van der Waals surface area contributed by atoms with Crippen LogP contribution in [0.25, 0.3) is 0 Å². The number of carbonyl (C=O) groups is 1. The second-order valence-corrected chi connectivity index (χ2v) is 7.94. The Hall–Kier alpha value is -2.42. The number of piperazine rings is 1. The maximum absolute atomic E-state index is 12.7. The fourth-order valence-corrected chi connectivity index (χ4v) is 4.17. The molecule has 1 aromatic carbocycles. The number of aliphatic hydroxyl groups is 2. The van der Waals surface area contributed by atoms with Gasteiger partial charge in [-0.05, 0) is 11.6 Å². The summed E-state index contributed by atoms with van der Waals surface area (Å²) < 4.78 is 10.7. The molecule has 0 saturated carbocycles. The van der Waals surface area contributed by atoms with Crippen molar-refractivity contribution < 1.29 is 24.5 Å². The zero-order valence-corrected chi connectivity index (χ0v) is 18.4. The van der Waals surface area contributed by atoms with Crippen LogP contribution in [0.4, 0.5) is 0 Å². The van der Waals surface area contributed by atoms with Crippen LogP contribution in [0.5, 0.6) is 11.5 Å². The molecule has 2 N–H and O–H groups in total. The predicted octanol–water partition coefficient (Wildman–Crippen LogP) is 1.64. The average molecular weight is 432 g/mol. The zero-order chi connectivity index (χ0) is 22.2. The normalized spacial score (nSPS) is 21.1. The molecule has 1 heterocycles. The van der Waals surface area contributed by atoms with E-state index in [4.69, 9.17) is 14.6 Å². The number of hydrogen-bond donors (Lipinski definition) is 2. The van der Waals surface area contributed by atoms with Gasteiger partial charge < -0.3 is 19.7 Å². The van der Waals surface area contributed by atoms with E-state index < -0.39 is 0 Å². The highest BCUT2D eigenvalue weighted by molar-refractivity contribution is 6.14. The standard InChI is InChI=1S/C23H33N3O5/c1-30-18-3-4-19(23(15-18)31-2)17-13-21(28)20(22(29)14-17)16-24-5-6-25-7-9-26(10-8-25)11-12-27/h3-4,15-17,27-28H,5-14H2,1-2H3. The van der Waals surface area contributed by atoms with Crippen molar-refractivity contribution in [1.29, 1.82) is 0 Å². The summed E-state index contributed by atoms with van der Waals surface area (Å²) in [5, 5.41) is 19.5. The minimum Gasteiger partial charge on any atom is -0.511 e. The van der Waals surface area contributed by atoms with E-state index in [0.717, 1.165) is 44.8 Å². The first-order valence-electron chi connectivity index (χ1n) is 10.8. The van der Waals surface area contributed by atoms with Crippen LogP contribution < -0.4 is 9.47 Å². The number of ketones is 1. The maximum Gasteiger partial charge on any atom is 0.168 e. The van der Waals surface area contributed by atoms with E-state index in [0.29, 0.717) is 36.5 Å². The Morgan fingerprint density at radius 3 is 2.42 bits per heavy atom. The zero-order valence-electron chi connectivity index (χ0n) is 18.4. The molecule has 0 spiro atoms. The van der Waals surface area contributed by atoms with Crippen LogP contribution in [-0.2, 0) is 4.79 Å². The molecule has 1 unspecified atom stereocenters. The van der Waals surface area contributed by atoms with Crippen LogP contribution in [0.2, 0.25) is 0 Å². The summed E-state index contributed by atoms with van der Waals surface area (Å²) >= 11 is 0. The van der Waals surface area contributed by atoms with Crippen molar-refractivity contribution in [2.75, 3.05) is 66.6 Å². The summed E-state index contributed by atoms with van der Waals surface area (Å²) in [7, 11) is 3.18. The fourth-order valence-electron chi connectivity index (χ4n) is 4.17. The number of aliphatic imine (C=N–C) groups is 1. The highest BCUT2D eigenvalue weighted by atomic mass is 16.5. The van der Waals surface area contributed by atoms with Crippen LogP contribution in [0.1, 0.15) is 24.3 Å². The number of hydrogen-bond acceptors (Lipinski definition) is 8. The van der Waals surface area contributed by atoms with Gasteiger partial charge >= 0.3 is 0 Å². The first kappa shape index (κ1) is 23.2. The van der Waals surface area contributed by atoms with E-state index in [1.807, 2.05) is 12.1 Å². The molecule has 31 heavy (non-hydrogen) atoms. The molecule has 8 nitrogen and oxygen atoms in total. The van der Waals surface area contributed by atoms with E-state index in [2.05, 4.69) is 14.8 Å². The Bertz CT molecular complexity index is 815. The van der Waals surface area contributed by atoms with Gasteiger partial charge in [-0.15, -0.1) is 0 Å². The quantitative estimate of drug-likeness (QED) is 0.574. The summed E-state index contributed by atoms with van der Waals surface area (Å²) in [6.07, 6.45) is 2.21. The molecule has 1 saturated heterocycles. The molecule has 1 aliphatic carbocycles. The van der Waals surface area contributed by atoms with E-state index in [9.17, 15) is 9.90 Å². The molecule has 1 aliphatic heterocycles. The lowest BCUT2D eigenvalue weighted by Crippen LogP contribution is -2.47. The second kappa shape index (κ2) is 11.3. The predicted molar refractivity (Wildman–Crippen MR) is 120 cm³/mol. The number of carbonyl (C=O) groups excluding carboxylic acids is 1. The van der Waals surface area contributed by atoms with Gasteiger partial charge in [-0.3, -0.25) is 19.6 Å². The lowest BCUT2D eigenvalue weighted by Gasteiger charge is -2.33. The maximum atomic E-state index is 12.7. The Morgan fingerprint density at radius 2 is 1.81 bits per heavy atom. The van der Waals surface area contributed by atoms with Gasteiger partial charge in [0, 0.05) is 70.3 Å². The van der Waals surface area contributed by atoms with E-state index in [-0.39, 0.29) is 24.1 Å². The molecule has 1 fully saturated rings. The van der Waals surface area contributed by atoms with Gasteiger partial charge in [-0.1, -0.05) is 6.07 Å². The Balaban J connectivity index is 1.56. The molecule has 3 rings (SSSR count). The Kier molecular flexibility index (Phi) is 8.45. The summed E-state index contributed by atoms with van der Waals surface area (Å²) in [5.74, 6) is 1.18. The van der Waals surface area contributed by atoms with Crippen molar-refractivity contribution >= 4 is 12.0 Å². The third kappa shape index (κ3) is 6.06. The summed E-state index contributed by atoms with van der Waals surface area (Å²) in [4.78, 5) is 21.7. The number of Topliss-reactive ketones (excluding diaryl/α,β-unsaturated/α-hetero) is 1. The van der Waals surface area contributed by atoms with Crippen LogP contribution >= 0.6 is 0 Å². The van der Waals surface area contributed by atoms with Crippen molar-refractivity contribution in [3.8, 4) is 11.5 Å². The summed E-state index contributed by atoms with van der Waals surface area (Å²) in [5.41, 5.74) is 1.20. The molecular weight excluding hydrogens is 398 g/mol. The van der Waals surface area contributed by atoms with Crippen molar-refractivity contribution in [2.45, 2.75) is 18.8 Å². The summed E-state index contributed by atoms with van der Waals surface area (Å²) in [6, 6.07) is 5.52. The highest BCUT2D eigenvalue weighted by Crippen LogP contribution is 2.39. The molecule has 170 valence electrons. The van der Waals surface area contributed by atoms with Crippen molar-refractivity contribution in [1.82, 2.24) is 9.80 Å². The third-order valence-corrected chi connectivity index (χ3v) is 6.01. The van der Waals surface area contributed by atoms with Crippen LogP contribution in [0.15, 0.2) is 34.5 Å². The monoisotopic (exact) mass is 431 g/mol. The molecule has 1 aromatic rings. The van der Waals surface area contributed by atoms with E-state index >= 15 is 0 Å². The molecule has 0 aromatic heterocycles. The highest BCUT2D eigenvalue weighted by Gasteiger charge is 2.29. The number of aliphatic hydroxyl groups excluding tert-OH is 2. The van der Waals surface area contributed by atoms with Crippen LogP contribution in [0.3, 0.4) is 0 Å². The molecule has 0 bridgehead atoms. The van der Waals surface area contributed by atoms with E-state index in [1.54, 1.807) is 20.3 Å². The molecule has 2 aliphatic rings. The third-order valence-electron chi connectivity index (χ3n) is 6.01. The lowest BCUT2D eigenvalue weighted by molar-refractivity contribution is -0.116. The van der Waals surface area contributed by atoms with Crippen molar-refractivity contribution in [2.24, 2.45) is 4.99 Å². The number of benzene rings is 1. The number of nitrogens with zero attached hydrogens (tertiary/aromatic N) is 3. The summed E-state index contributed by atoms with van der Waals surface area (Å²) in [6.45, 7) is 6.13. The number of rotatable bonds is 9. The first-order chi connectivity index (χ1) is 15.0. The number of ether oxygens (including phenoxy) is 2. The SMILES string of the molecule is COc1ccc(C2CC(=O)C(C=NCCN3CCN(CCO)CC3)=C(O)C2)c(OC)c1. The molecule has 0 amide bonds. The van der Waals surface area contributed by atoms with Crippen molar-refractivity contribution in [3.63, 3.8) is 0 Å². The van der Waals surface area contributed by atoms with Gasteiger partial charge in [0.05, 0.1) is 32.9 Å². The second-order valence-electron chi connectivity index (χ2n) is 7.94. The van der Waals surface area contributed by atoms with E-state index in [1.165, 1.54) is 6.21 Å². The van der Waals surface area contributed by atoms with Crippen LogP contribution in [-0.4, -0.2) is 98.7 Å². The largest absolute Gasteiger partial charge is 0.511 e. The first-order valence-corrected chi connectivity index (χ1v) is 10.8. The van der Waals surface area contributed by atoms with Gasteiger partial charge in [0.15, 0.2) is 5.78 Å². The topological polar surface area (TPSA) is 94.8 Å². The number of allylic oxidation sites excluding steroid dienone is 2. The minimum absolute atomic E-state index is 0.0838. The minimum atomic E-state index is -0.138. The lowest BCUT2D eigenvalue weighted by atomic mass is 9.82. The Labute approximate surface area is 183 Å². The van der Waals surface area contributed by atoms with Gasteiger partial charge in [-0.2, -0.15) is 0 Å². The molecular formula is C23H33N3O5. The fraction of sp³-hybridized carbons (Fsp3) is 0.565.